The van der Waals surface area contributed by atoms with Gasteiger partial charge in [0.25, 0.3) is 0 Å². The number of rotatable bonds is 7. The fraction of sp³-hybridized carbons (Fsp3) is 0.344. The SMILES string of the molecule is Cn1ccc([C@@H]2[C@H](c3ccc(Cl)cc3)N=C(c3ccc(C(=O)CC(=O)O)cc3OC(C)(C)C)N2C(=O)N2CCNC(=O)C2)c1. The number of aryl methyl sites for hydroxylation is 1. The van der Waals surface area contributed by atoms with Gasteiger partial charge >= 0.3 is 12.0 Å². The highest BCUT2D eigenvalue weighted by molar-refractivity contribution is 6.30. The molecule has 0 saturated carbocycles. The molecule has 44 heavy (non-hydrogen) atoms. The van der Waals surface area contributed by atoms with Crippen LogP contribution in [0.15, 0.2) is 65.9 Å². The van der Waals surface area contributed by atoms with Crippen LogP contribution in [0.1, 0.15) is 66.3 Å². The zero-order valence-corrected chi connectivity index (χ0v) is 25.7. The van der Waals surface area contributed by atoms with Crippen LogP contribution in [0.4, 0.5) is 4.79 Å². The lowest BCUT2D eigenvalue weighted by Gasteiger charge is -2.35. The molecule has 2 aliphatic heterocycles. The van der Waals surface area contributed by atoms with Gasteiger partial charge in [-0.1, -0.05) is 29.8 Å². The number of nitrogens with one attached hydrogen (secondary N) is 1. The van der Waals surface area contributed by atoms with Gasteiger partial charge in [-0.05, 0) is 62.2 Å². The number of halogens is 1. The Balaban J connectivity index is 1.71. The van der Waals surface area contributed by atoms with Gasteiger partial charge in [0, 0.05) is 43.1 Å². The number of aromatic nitrogens is 1. The molecule has 3 aromatic rings. The molecule has 0 spiro atoms. The molecule has 2 aromatic carbocycles. The second-order valence-electron chi connectivity index (χ2n) is 11.8. The van der Waals surface area contributed by atoms with Gasteiger partial charge in [-0.2, -0.15) is 0 Å². The second kappa shape index (κ2) is 12.2. The number of nitrogens with zero attached hydrogens (tertiary/aromatic N) is 4. The molecule has 0 bridgehead atoms. The van der Waals surface area contributed by atoms with Crippen LogP contribution >= 0.6 is 11.6 Å². The van der Waals surface area contributed by atoms with Crippen molar-refractivity contribution in [3.63, 3.8) is 0 Å². The van der Waals surface area contributed by atoms with Gasteiger partial charge in [0.05, 0.1) is 11.6 Å². The third-order valence-corrected chi connectivity index (χ3v) is 7.51. The molecule has 5 rings (SSSR count). The summed E-state index contributed by atoms with van der Waals surface area (Å²) in [7, 11) is 1.89. The maximum absolute atomic E-state index is 14.4. The van der Waals surface area contributed by atoms with Crippen LogP contribution < -0.4 is 10.1 Å². The summed E-state index contributed by atoms with van der Waals surface area (Å²) in [6.07, 6.45) is 3.14. The first-order valence-electron chi connectivity index (χ1n) is 14.2. The normalized spacial score (nSPS) is 18.6. The number of hydrogen-bond donors (Lipinski definition) is 2. The first kappa shape index (κ1) is 30.8. The van der Waals surface area contributed by atoms with Crippen molar-refractivity contribution >= 4 is 41.1 Å². The minimum atomic E-state index is -1.24. The van der Waals surface area contributed by atoms with Crippen molar-refractivity contribution in [1.82, 2.24) is 19.7 Å². The Hall–Kier alpha value is -4.64. The van der Waals surface area contributed by atoms with E-state index >= 15 is 0 Å². The summed E-state index contributed by atoms with van der Waals surface area (Å²) in [6.45, 7) is 6.06. The minimum absolute atomic E-state index is 0.107. The maximum atomic E-state index is 14.4. The molecular formula is C32H34ClN5O6. The van der Waals surface area contributed by atoms with E-state index in [9.17, 15) is 24.3 Å². The molecule has 11 nitrogen and oxygen atoms in total. The molecule has 2 N–H and O–H groups in total. The zero-order valence-electron chi connectivity index (χ0n) is 24.9. The topological polar surface area (TPSA) is 134 Å². The van der Waals surface area contributed by atoms with Crippen molar-refractivity contribution in [3.8, 4) is 5.75 Å². The summed E-state index contributed by atoms with van der Waals surface area (Å²) in [5.74, 6) is -1.51. The number of aliphatic imine (C=N–C) groups is 1. The molecule has 1 fully saturated rings. The van der Waals surface area contributed by atoms with Crippen molar-refractivity contribution in [3.05, 3.63) is 88.2 Å². The molecule has 0 radical (unpaired) electrons. The Kier molecular flexibility index (Phi) is 8.51. The highest BCUT2D eigenvalue weighted by Gasteiger charge is 2.45. The van der Waals surface area contributed by atoms with E-state index in [-0.39, 0.29) is 23.8 Å². The Bertz CT molecular complexity index is 1640. The number of amides is 3. The Morgan fingerprint density at radius 3 is 2.43 bits per heavy atom. The van der Waals surface area contributed by atoms with Crippen LogP contribution in [0.25, 0.3) is 0 Å². The fourth-order valence-electron chi connectivity index (χ4n) is 5.38. The summed E-state index contributed by atoms with van der Waals surface area (Å²) >= 11 is 6.22. The number of Topliss-reactive ketones (excluding diaryl/α,β-unsaturated/α-hetero) is 1. The van der Waals surface area contributed by atoms with Gasteiger partial charge in [0.15, 0.2) is 5.78 Å². The molecule has 0 aliphatic carbocycles. The number of amidine groups is 1. The second-order valence-corrected chi connectivity index (χ2v) is 12.3. The van der Waals surface area contributed by atoms with Gasteiger partial charge in [0.1, 0.15) is 36.2 Å². The number of aliphatic carboxylic acids is 1. The number of ether oxygens (including phenoxy) is 1. The predicted octanol–water partition coefficient (Wildman–Crippen LogP) is 4.61. The number of carbonyl (C=O) groups is 4. The summed E-state index contributed by atoms with van der Waals surface area (Å²) < 4.78 is 8.20. The average Bonchev–Trinajstić information content (AvgIpc) is 3.55. The average molecular weight is 620 g/mol. The van der Waals surface area contributed by atoms with Crippen molar-refractivity contribution < 1.29 is 29.0 Å². The fourth-order valence-corrected chi connectivity index (χ4v) is 5.51. The number of ketones is 1. The van der Waals surface area contributed by atoms with Crippen LogP contribution in [0.3, 0.4) is 0 Å². The smallest absolute Gasteiger partial charge is 0.326 e. The standard InChI is InChI=1S/C32H34ClN5O6/c1-32(2,3)44-25-15-20(24(39)16-27(41)42)7-10-23(25)30-35-28(19-5-8-22(33)9-6-19)29(21-11-13-36(4)17-21)38(30)31(43)37-14-12-34-26(40)18-37/h5-11,13,15,17,28-29H,12,14,16,18H2,1-4H3,(H,34,40)(H,41,42)/t28-,29+/m0/s1. The van der Waals surface area contributed by atoms with E-state index in [1.54, 1.807) is 23.1 Å². The summed E-state index contributed by atoms with van der Waals surface area (Å²) in [5.41, 5.74) is 1.54. The lowest BCUT2D eigenvalue weighted by atomic mass is 9.95. The lowest BCUT2D eigenvalue weighted by molar-refractivity contribution is -0.136. The largest absolute Gasteiger partial charge is 0.487 e. The molecule has 230 valence electrons. The van der Waals surface area contributed by atoms with Gasteiger partial charge in [-0.15, -0.1) is 0 Å². The van der Waals surface area contributed by atoms with Crippen molar-refractivity contribution in [2.75, 3.05) is 19.6 Å². The number of piperazine rings is 1. The van der Waals surface area contributed by atoms with Crippen LogP contribution in [-0.4, -0.2) is 74.2 Å². The predicted molar refractivity (Wildman–Crippen MR) is 164 cm³/mol. The number of carboxylic acids is 1. The Morgan fingerprint density at radius 1 is 1.09 bits per heavy atom. The number of carboxylic acid groups (broad SMARTS) is 1. The van der Waals surface area contributed by atoms with E-state index < -0.39 is 41.9 Å². The van der Waals surface area contributed by atoms with Gasteiger partial charge in [-0.3, -0.25) is 24.3 Å². The van der Waals surface area contributed by atoms with Crippen LogP contribution in [0.2, 0.25) is 5.02 Å². The van der Waals surface area contributed by atoms with E-state index in [2.05, 4.69) is 5.32 Å². The van der Waals surface area contributed by atoms with Crippen LogP contribution in [0, 0.1) is 0 Å². The third kappa shape index (κ3) is 6.62. The number of benzene rings is 2. The molecule has 1 aromatic heterocycles. The highest BCUT2D eigenvalue weighted by atomic mass is 35.5. The van der Waals surface area contributed by atoms with Gasteiger partial charge in [0.2, 0.25) is 5.91 Å². The van der Waals surface area contributed by atoms with Crippen LogP contribution in [-0.2, 0) is 16.6 Å². The molecule has 0 unspecified atom stereocenters. The van der Waals surface area contributed by atoms with E-state index in [0.717, 1.165) is 11.1 Å². The number of hydrogen-bond acceptors (Lipinski definition) is 6. The van der Waals surface area contributed by atoms with E-state index in [4.69, 9.17) is 21.3 Å². The van der Waals surface area contributed by atoms with E-state index in [1.165, 1.54) is 17.0 Å². The van der Waals surface area contributed by atoms with E-state index in [1.807, 2.05) is 63.0 Å². The van der Waals surface area contributed by atoms with Crippen molar-refractivity contribution in [2.24, 2.45) is 12.0 Å². The molecule has 2 atom stereocenters. The van der Waals surface area contributed by atoms with Gasteiger partial charge < -0.3 is 24.6 Å². The summed E-state index contributed by atoms with van der Waals surface area (Å²) in [5, 5.41) is 12.5. The van der Waals surface area contributed by atoms with Crippen LogP contribution in [0.5, 0.6) is 5.75 Å². The lowest BCUT2D eigenvalue weighted by Crippen LogP contribution is -2.55. The van der Waals surface area contributed by atoms with Crippen molar-refractivity contribution in [2.45, 2.75) is 44.9 Å². The monoisotopic (exact) mass is 619 g/mol. The minimum Gasteiger partial charge on any atom is -0.487 e. The van der Waals surface area contributed by atoms with Gasteiger partial charge in [-0.25, -0.2) is 4.79 Å². The van der Waals surface area contributed by atoms with Crippen molar-refractivity contribution in [1.29, 1.82) is 0 Å². The molecular weight excluding hydrogens is 586 g/mol. The summed E-state index contributed by atoms with van der Waals surface area (Å²) in [6, 6.07) is 12.3. The molecule has 12 heteroatoms. The molecule has 2 aliphatic rings. The maximum Gasteiger partial charge on any atom is 0.326 e. The molecule has 1 saturated heterocycles. The Labute approximate surface area is 260 Å². The summed E-state index contributed by atoms with van der Waals surface area (Å²) in [4.78, 5) is 59.0. The first-order chi connectivity index (χ1) is 20.8. The molecule has 3 amide bonds. The first-order valence-corrected chi connectivity index (χ1v) is 14.6. The highest BCUT2D eigenvalue weighted by Crippen LogP contribution is 2.45. The quantitative estimate of drug-likeness (QED) is 0.293. The molecule has 3 heterocycles. The number of urea groups is 1. The zero-order chi connectivity index (χ0) is 31.8. The third-order valence-electron chi connectivity index (χ3n) is 7.26. The number of carbonyl (C=O) groups excluding carboxylic acids is 3. The van der Waals surface area contributed by atoms with E-state index in [0.29, 0.717) is 29.5 Å². The Morgan fingerprint density at radius 2 is 1.82 bits per heavy atom.